The third-order valence-corrected chi connectivity index (χ3v) is 6.46. The molecule has 2 fully saturated rings. The highest BCUT2D eigenvalue weighted by Gasteiger charge is 2.32. The molecule has 3 aliphatic rings. The fraction of sp³-hybridized carbons (Fsp3) is 0.500. The molecule has 0 radical (unpaired) electrons. The van der Waals surface area contributed by atoms with Crippen LogP contribution in [0.1, 0.15) is 48.1 Å². The fourth-order valence-corrected chi connectivity index (χ4v) is 4.72. The van der Waals surface area contributed by atoms with Crippen LogP contribution < -0.4 is 15.6 Å². The number of morpholine rings is 1. The van der Waals surface area contributed by atoms with Crippen molar-refractivity contribution in [1.82, 2.24) is 20.2 Å². The number of carbonyl (C=O) groups is 1. The summed E-state index contributed by atoms with van der Waals surface area (Å²) in [6, 6.07) is 8.40. The number of benzene rings is 1. The molecule has 2 aliphatic heterocycles. The number of urea groups is 1. The molecule has 0 spiro atoms. The molecule has 9 heteroatoms. The zero-order chi connectivity index (χ0) is 22.6. The zero-order valence-electron chi connectivity index (χ0n) is 19.1. The van der Waals surface area contributed by atoms with E-state index in [1.165, 1.54) is 18.4 Å². The van der Waals surface area contributed by atoms with Gasteiger partial charge in [-0.3, -0.25) is 0 Å². The van der Waals surface area contributed by atoms with Gasteiger partial charge in [-0.2, -0.15) is 10.1 Å². The van der Waals surface area contributed by atoms with Gasteiger partial charge in [-0.25, -0.2) is 15.2 Å². The minimum absolute atomic E-state index is 0.0141. The molecule has 1 aliphatic carbocycles. The first-order valence-corrected chi connectivity index (χ1v) is 11.8. The summed E-state index contributed by atoms with van der Waals surface area (Å²) in [7, 11) is 0. The Hall–Kier alpha value is -3.20. The molecule has 9 nitrogen and oxygen atoms in total. The third-order valence-electron chi connectivity index (χ3n) is 6.46. The van der Waals surface area contributed by atoms with E-state index in [1.807, 2.05) is 17.0 Å². The highest BCUT2D eigenvalue weighted by Crippen LogP contribution is 2.31. The molecule has 2 N–H and O–H groups in total. The first-order chi connectivity index (χ1) is 16.2. The van der Waals surface area contributed by atoms with E-state index in [-0.39, 0.29) is 6.03 Å². The molecule has 0 unspecified atom stereocenters. The van der Waals surface area contributed by atoms with Crippen molar-refractivity contribution in [3.63, 3.8) is 0 Å². The SMILES string of the molecule is Cc1cccc(/C=N/Nc2nc3c(c(N4CCOCC4)n2)CN(C(=O)NC2CCCC2)C3)c1. The third kappa shape index (κ3) is 5.08. The topological polar surface area (TPSA) is 95.0 Å². The summed E-state index contributed by atoms with van der Waals surface area (Å²) in [4.78, 5) is 26.4. The smallest absolute Gasteiger partial charge is 0.318 e. The highest BCUT2D eigenvalue weighted by molar-refractivity contribution is 5.80. The summed E-state index contributed by atoms with van der Waals surface area (Å²) < 4.78 is 5.53. The van der Waals surface area contributed by atoms with Crippen LogP contribution in [-0.4, -0.2) is 59.5 Å². The molecule has 2 amide bonds. The van der Waals surface area contributed by atoms with Crippen molar-refractivity contribution < 1.29 is 9.53 Å². The van der Waals surface area contributed by atoms with Crippen molar-refractivity contribution in [2.75, 3.05) is 36.6 Å². The molecule has 2 aromatic rings. The summed E-state index contributed by atoms with van der Waals surface area (Å²) in [6.07, 6.45) is 6.28. The Morgan fingerprint density at radius 2 is 2.00 bits per heavy atom. The van der Waals surface area contributed by atoms with Gasteiger partial charge >= 0.3 is 6.03 Å². The molecule has 174 valence electrons. The van der Waals surface area contributed by atoms with E-state index >= 15 is 0 Å². The van der Waals surface area contributed by atoms with Gasteiger partial charge in [0.1, 0.15) is 5.82 Å². The van der Waals surface area contributed by atoms with Gasteiger partial charge in [-0.1, -0.05) is 42.7 Å². The summed E-state index contributed by atoms with van der Waals surface area (Å²) in [5.41, 5.74) is 7.08. The van der Waals surface area contributed by atoms with Crippen LogP contribution in [0, 0.1) is 6.92 Å². The van der Waals surface area contributed by atoms with Gasteiger partial charge in [0.2, 0.25) is 5.95 Å². The lowest BCUT2D eigenvalue weighted by molar-refractivity contribution is 0.122. The van der Waals surface area contributed by atoms with Gasteiger partial charge in [0.25, 0.3) is 0 Å². The number of hydrogen-bond acceptors (Lipinski definition) is 7. The van der Waals surface area contributed by atoms with Crippen LogP contribution in [0.2, 0.25) is 0 Å². The Morgan fingerprint density at radius 1 is 1.18 bits per heavy atom. The number of amides is 2. The monoisotopic (exact) mass is 449 g/mol. The molecule has 0 bridgehead atoms. The lowest BCUT2D eigenvalue weighted by Crippen LogP contribution is -2.41. The minimum Gasteiger partial charge on any atom is -0.378 e. The van der Waals surface area contributed by atoms with E-state index in [0.717, 1.165) is 48.6 Å². The lowest BCUT2D eigenvalue weighted by Gasteiger charge is -2.29. The summed E-state index contributed by atoms with van der Waals surface area (Å²) in [6.45, 7) is 5.92. The van der Waals surface area contributed by atoms with E-state index in [0.29, 0.717) is 38.3 Å². The number of ether oxygens (including phenoxy) is 1. The van der Waals surface area contributed by atoms with E-state index in [9.17, 15) is 4.79 Å². The number of hydrazone groups is 1. The second-order valence-electron chi connectivity index (χ2n) is 8.97. The van der Waals surface area contributed by atoms with E-state index in [1.54, 1.807) is 6.21 Å². The molecular weight excluding hydrogens is 418 g/mol. The molecule has 0 atom stereocenters. The zero-order valence-corrected chi connectivity index (χ0v) is 19.1. The highest BCUT2D eigenvalue weighted by atomic mass is 16.5. The Labute approximate surface area is 194 Å². The van der Waals surface area contributed by atoms with E-state index < -0.39 is 0 Å². The van der Waals surface area contributed by atoms with Crippen molar-refractivity contribution in [2.24, 2.45) is 5.10 Å². The number of rotatable bonds is 5. The summed E-state index contributed by atoms with van der Waals surface area (Å²) >= 11 is 0. The normalized spacial score (nSPS) is 18.7. The lowest BCUT2D eigenvalue weighted by atomic mass is 10.2. The second-order valence-corrected chi connectivity index (χ2v) is 8.97. The van der Waals surface area contributed by atoms with Gasteiger partial charge in [0, 0.05) is 24.7 Å². The first kappa shape index (κ1) is 21.6. The number of hydrogen-bond donors (Lipinski definition) is 2. The maximum atomic E-state index is 12.9. The van der Waals surface area contributed by atoms with Crippen molar-refractivity contribution in [3.8, 4) is 0 Å². The molecule has 3 heterocycles. The Morgan fingerprint density at radius 3 is 2.79 bits per heavy atom. The van der Waals surface area contributed by atoms with Gasteiger partial charge in [-0.15, -0.1) is 0 Å². The average molecular weight is 450 g/mol. The van der Waals surface area contributed by atoms with Crippen molar-refractivity contribution in [1.29, 1.82) is 0 Å². The maximum Gasteiger partial charge on any atom is 0.318 e. The number of nitrogens with zero attached hydrogens (tertiary/aromatic N) is 5. The van der Waals surface area contributed by atoms with Crippen LogP contribution in [0.3, 0.4) is 0 Å². The second kappa shape index (κ2) is 9.74. The molecule has 1 saturated heterocycles. The largest absolute Gasteiger partial charge is 0.378 e. The number of fused-ring (bicyclic) bond motifs is 1. The molecule has 33 heavy (non-hydrogen) atoms. The van der Waals surface area contributed by atoms with Crippen LogP contribution >= 0.6 is 0 Å². The predicted octanol–water partition coefficient (Wildman–Crippen LogP) is 3.04. The quantitative estimate of drug-likeness (QED) is 0.538. The molecule has 1 saturated carbocycles. The van der Waals surface area contributed by atoms with Gasteiger partial charge < -0.3 is 19.9 Å². The van der Waals surface area contributed by atoms with Crippen LogP contribution in [0.4, 0.5) is 16.6 Å². The van der Waals surface area contributed by atoms with Crippen LogP contribution in [0.5, 0.6) is 0 Å². The summed E-state index contributed by atoms with van der Waals surface area (Å²) in [5, 5.41) is 7.54. The van der Waals surface area contributed by atoms with E-state index in [2.05, 4.69) is 39.8 Å². The fourth-order valence-electron chi connectivity index (χ4n) is 4.72. The number of aryl methyl sites for hydroxylation is 1. The molecule has 5 rings (SSSR count). The Kier molecular flexibility index (Phi) is 6.39. The summed E-state index contributed by atoms with van der Waals surface area (Å²) in [5.74, 6) is 1.31. The number of carbonyl (C=O) groups excluding carboxylic acids is 1. The Balaban J connectivity index is 1.35. The average Bonchev–Trinajstić information content (AvgIpc) is 3.49. The van der Waals surface area contributed by atoms with Crippen molar-refractivity contribution in [3.05, 3.63) is 46.6 Å². The molecule has 1 aromatic carbocycles. The Bertz CT molecular complexity index is 1030. The number of anilines is 2. The van der Waals surface area contributed by atoms with Crippen LogP contribution in [0.25, 0.3) is 0 Å². The number of nitrogens with one attached hydrogen (secondary N) is 2. The van der Waals surface area contributed by atoms with Crippen LogP contribution in [0.15, 0.2) is 29.4 Å². The van der Waals surface area contributed by atoms with Crippen LogP contribution in [-0.2, 0) is 17.8 Å². The number of aromatic nitrogens is 2. The van der Waals surface area contributed by atoms with Crippen molar-refractivity contribution >= 4 is 24.0 Å². The molecular formula is C24H31N7O2. The first-order valence-electron chi connectivity index (χ1n) is 11.8. The predicted molar refractivity (Wildman–Crippen MR) is 127 cm³/mol. The van der Waals surface area contributed by atoms with Crippen molar-refractivity contribution in [2.45, 2.75) is 51.7 Å². The minimum atomic E-state index is -0.0141. The van der Waals surface area contributed by atoms with Gasteiger partial charge in [-0.05, 0) is 25.3 Å². The molecule has 1 aromatic heterocycles. The standard InChI is InChI=1S/C24H31N7O2/c1-17-5-4-6-18(13-17)14-25-29-23-27-21-16-31(24(32)26-19-7-2-3-8-19)15-20(21)22(28-23)30-9-11-33-12-10-30/h4-6,13-14,19H,2-3,7-12,15-16H2,1H3,(H,26,32)(H,27,28,29)/b25-14+. The van der Waals surface area contributed by atoms with Gasteiger partial charge in [0.15, 0.2) is 0 Å². The van der Waals surface area contributed by atoms with Gasteiger partial charge in [0.05, 0.1) is 38.2 Å². The maximum absolute atomic E-state index is 12.9. The van der Waals surface area contributed by atoms with E-state index in [4.69, 9.17) is 14.7 Å².